The highest BCUT2D eigenvalue weighted by molar-refractivity contribution is 5.94. The summed E-state index contributed by atoms with van der Waals surface area (Å²) in [7, 11) is 1.44. The Kier molecular flexibility index (Phi) is 8.79. The molecular formula is C29H27F7N4O2. The molecule has 224 valence electrons. The number of alkyl halides is 6. The Morgan fingerprint density at radius 3 is 2.24 bits per heavy atom. The first-order valence-corrected chi connectivity index (χ1v) is 12.9. The Hall–Kier alpha value is -4.16. The zero-order chi connectivity index (χ0) is 30.8. The number of benzene rings is 2. The lowest BCUT2D eigenvalue weighted by atomic mass is 9.88. The van der Waals surface area contributed by atoms with Crippen molar-refractivity contribution in [3.8, 4) is 0 Å². The molecule has 0 spiro atoms. The number of rotatable bonds is 5. The van der Waals surface area contributed by atoms with Crippen molar-refractivity contribution in [2.75, 3.05) is 13.6 Å². The Morgan fingerprint density at radius 1 is 1.02 bits per heavy atom. The van der Waals surface area contributed by atoms with Gasteiger partial charge < -0.3 is 15.1 Å². The highest BCUT2D eigenvalue weighted by atomic mass is 19.4. The van der Waals surface area contributed by atoms with Gasteiger partial charge >= 0.3 is 18.4 Å². The lowest BCUT2D eigenvalue weighted by Gasteiger charge is -2.44. The molecule has 6 nitrogen and oxygen atoms in total. The number of nitrogens with one attached hydrogen (secondary N) is 1. The molecule has 2 atom stereocenters. The maximum atomic E-state index is 13.9. The second kappa shape index (κ2) is 12.0. The van der Waals surface area contributed by atoms with Gasteiger partial charge in [-0.2, -0.15) is 26.3 Å². The first kappa shape index (κ1) is 30.8. The van der Waals surface area contributed by atoms with E-state index in [2.05, 4.69) is 10.3 Å². The van der Waals surface area contributed by atoms with Crippen LogP contribution in [0.25, 0.3) is 0 Å². The second-order valence-corrected chi connectivity index (χ2v) is 10.0. The topological polar surface area (TPSA) is 65.5 Å². The second-order valence-electron chi connectivity index (χ2n) is 10.0. The molecule has 1 aromatic heterocycles. The summed E-state index contributed by atoms with van der Waals surface area (Å²) in [6.45, 7) is 1.20. The van der Waals surface area contributed by atoms with E-state index >= 15 is 0 Å². The van der Waals surface area contributed by atoms with Crippen molar-refractivity contribution in [1.82, 2.24) is 20.1 Å². The SMILES string of the molecule is CNC(=O)N1CCC(N(Cc2cc(C(F)(F)F)cc(C(F)(F)F)c2)C(=O)c2cccnc2)CC1c1ccc(F)cc1C. The highest BCUT2D eigenvalue weighted by Gasteiger charge is 2.40. The van der Waals surface area contributed by atoms with Crippen LogP contribution in [0, 0.1) is 12.7 Å². The number of likely N-dealkylation sites (tertiary alicyclic amines) is 1. The number of carbonyl (C=O) groups excluding carboxylic acids is 2. The molecule has 0 aliphatic carbocycles. The number of aryl methyl sites for hydroxylation is 1. The molecule has 1 fully saturated rings. The third-order valence-electron chi connectivity index (χ3n) is 7.25. The molecule has 2 aromatic carbocycles. The van der Waals surface area contributed by atoms with E-state index in [0.717, 1.165) is 0 Å². The number of hydrogen-bond acceptors (Lipinski definition) is 3. The molecule has 0 saturated carbocycles. The van der Waals surface area contributed by atoms with E-state index in [9.17, 15) is 40.3 Å². The van der Waals surface area contributed by atoms with E-state index in [-0.39, 0.29) is 36.6 Å². The van der Waals surface area contributed by atoms with Crippen LogP contribution in [0.3, 0.4) is 0 Å². The Morgan fingerprint density at radius 2 is 1.69 bits per heavy atom. The summed E-state index contributed by atoms with van der Waals surface area (Å²) in [6, 6.07) is 6.38. The summed E-state index contributed by atoms with van der Waals surface area (Å²) in [4.78, 5) is 33.1. The summed E-state index contributed by atoms with van der Waals surface area (Å²) < 4.78 is 95.4. The Labute approximate surface area is 237 Å². The van der Waals surface area contributed by atoms with Gasteiger partial charge in [-0.05, 0) is 78.9 Å². The average Bonchev–Trinajstić information content (AvgIpc) is 2.94. The fourth-order valence-electron chi connectivity index (χ4n) is 5.25. The van der Waals surface area contributed by atoms with Gasteiger partial charge in [0.15, 0.2) is 0 Å². The molecule has 3 aromatic rings. The Bertz CT molecular complexity index is 1410. The number of pyridine rings is 1. The van der Waals surface area contributed by atoms with Crippen molar-refractivity contribution in [2.45, 2.75) is 50.7 Å². The van der Waals surface area contributed by atoms with Gasteiger partial charge in [-0.1, -0.05) is 6.07 Å². The fourth-order valence-corrected chi connectivity index (χ4v) is 5.25. The van der Waals surface area contributed by atoms with Gasteiger partial charge in [0.25, 0.3) is 5.91 Å². The molecule has 13 heteroatoms. The lowest BCUT2D eigenvalue weighted by molar-refractivity contribution is -0.143. The quantitative estimate of drug-likeness (QED) is 0.332. The average molecular weight is 597 g/mol. The highest BCUT2D eigenvalue weighted by Crippen LogP contribution is 2.39. The predicted octanol–water partition coefficient (Wildman–Crippen LogP) is 6.75. The van der Waals surface area contributed by atoms with Gasteiger partial charge in [0, 0.05) is 38.6 Å². The zero-order valence-electron chi connectivity index (χ0n) is 22.6. The number of hydrogen-bond donors (Lipinski definition) is 1. The predicted molar refractivity (Wildman–Crippen MR) is 139 cm³/mol. The van der Waals surface area contributed by atoms with Crippen molar-refractivity contribution in [3.63, 3.8) is 0 Å². The standard InChI is InChI=1S/C29H27F7N4O2/c1-17-10-22(30)5-6-24(17)25-14-23(7-9-39(25)27(42)37-2)40(26(41)19-4-3-8-38-15-19)16-18-11-20(28(31,32)33)13-21(12-18)29(34,35)36/h3-6,8,10-13,15,23,25H,7,9,14,16H2,1-2H3,(H,37,42). The third kappa shape index (κ3) is 6.82. The summed E-state index contributed by atoms with van der Waals surface area (Å²) in [5, 5.41) is 2.55. The third-order valence-corrected chi connectivity index (χ3v) is 7.25. The first-order chi connectivity index (χ1) is 19.7. The molecule has 1 N–H and O–H groups in total. The zero-order valence-corrected chi connectivity index (χ0v) is 22.6. The van der Waals surface area contributed by atoms with Crippen LogP contribution in [0.1, 0.15) is 57.1 Å². The molecule has 1 aliphatic rings. The van der Waals surface area contributed by atoms with Crippen molar-refractivity contribution in [3.05, 3.63) is 100 Å². The van der Waals surface area contributed by atoms with Gasteiger partial charge in [-0.25, -0.2) is 9.18 Å². The minimum absolute atomic E-state index is 0.0337. The van der Waals surface area contributed by atoms with E-state index in [1.165, 1.54) is 59.6 Å². The van der Waals surface area contributed by atoms with Gasteiger partial charge in [0.2, 0.25) is 0 Å². The summed E-state index contributed by atoms with van der Waals surface area (Å²) >= 11 is 0. The minimum atomic E-state index is -5.06. The van der Waals surface area contributed by atoms with E-state index in [1.807, 2.05) is 0 Å². The van der Waals surface area contributed by atoms with Crippen LogP contribution < -0.4 is 5.32 Å². The van der Waals surface area contributed by atoms with E-state index < -0.39 is 59.9 Å². The number of amides is 3. The normalized spacial score (nSPS) is 17.6. The van der Waals surface area contributed by atoms with Crippen LogP contribution in [0.2, 0.25) is 0 Å². The molecule has 1 aliphatic heterocycles. The van der Waals surface area contributed by atoms with Crippen molar-refractivity contribution in [1.29, 1.82) is 0 Å². The number of carbonyl (C=O) groups is 2. The molecule has 3 amide bonds. The largest absolute Gasteiger partial charge is 0.416 e. The van der Waals surface area contributed by atoms with Crippen molar-refractivity contribution < 1.29 is 40.3 Å². The van der Waals surface area contributed by atoms with Gasteiger partial charge in [0.05, 0.1) is 22.7 Å². The maximum absolute atomic E-state index is 13.9. The minimum Gasteiger partial charge on any atom is -0.341 e. The van der Waals surface area contributed by atoms with Crippen molar-refractivity contribution in [2.24, 2.45) is 0 Å². The molecule has 1 saturated heterocycles. The van der Waals surface area contributed by atoms with Crippen molar-refractivity contribution >= 4 is 11.9 Å². The molecular weight excluding hydrogens is 569 g/mol. The van der Waals surface area contributed by atoms with Crippen LogP contribution in [0.5, 0.6) is 0 Å². The molecule has 0 radical (unpaired) electrons. The summed E-state index contributed by atoms with van der Waals surface area (Å²) in [6.07, 6.45) is -7.17. The summed E-state index contributed by atoms with van der Waals surface area (Å²) in [5.41, 5.74) is -2.13. The van der Waals surface area contributed by atoms with Gasteiger partial charge in [-0.3, -0.25) is 9.78 Å². The number of urea groups is 1. The maximum Gasteiger partial charge on any atom is 0.416 e. The molecule has 42 heavy (non-hydrogen) atoms. The monoisotopic (exact) mass is 596 g/mol. The van der Waals surface area contributed by atoms with Crippen LogP contribution >= 0.6 is 0 Å². The number of piperidine rings is 1. The number of halogens is 7. The van der Waals surface area contributed by atoms with E-state index in [4.69, 9.17) is 0 Å². The van der Waals surface area contributed by atoms with Crippen LogP contribution in [-0.4, -0.2) is 46.4 Å². The van der Waals surface area contributed by atoms with Gasteiger partial charge in [-0.15, -0.1) is 0 Å². The van der Waals surface area contributed by atoms with E-state index in [0.29, 0.717) is 23.3 Å². The summed E-state index contributed by atoms with van der Waals surface area (Å²) in [5.74, 6) is -1.14. The van der Waals surface area contributed by atoms with Gasteiger partial charge in [0.1, 0.15) is 5.82 Å². The van der Waals surface area contributed by atoms with Crippen LogP contribution in [-0.2, 0) is 18.9 Å². The van der Waals surface area contributed by atoms with Crippen LogP contribution in [0.4, 0.5) is 35.5 Å². The lowest BCUT2D eigenvalue weighted by Crippen LogP contribution is -2.51. The molecule has 2 heterocycles. The van der Waals surface area contributed by atoms with Crippen LogP contribution in [0.15, 0.2) is 60.9 Å². The Balaban J connectivity index is 1.79. The van der Waals surface area contributed by atoms with E-state index in [1.54, 1.807) is 6.92 Å². The number of aromatic nitrogens is 1. The smallest absolute Gasteiger partial charge is 0.341 e. The number of nitrogens with zero attached hydrogens (tertiary/aromatic N) is 3. The molecule has 2 unspecified atom stereocenters. The molecule has 4 rings (SSSR count). The molecule has 0 bridgehead atoms. The first-order valence-electron chi connectivity index (χ1n) is 12.9. The fraction of sp³-hybridized carbons (Fsp3) is 0.345.